The van der Waals surface area contributed by atoms with E-state index in [0.29, 0.717) is 6.54 Å². The molecular formula is C14H22N2O3. The van der Waals surface area contributed by atoms with E-state index in [-0.39, 0.29) is 18.2 Å². The van der Waals surface area contributed by atoms with Gasteiger partial charge in [-0.25, -0.2) is 4.79 Å². The highest BCUT2D eigenvalue weighted by Crippen LogP contribution is 2.20. The van der Waals surface area contributed by atoms with Crippen molar-refractivity contribution >= 4 is 6.03 Å². The van der Waals surface area contributed by atoms with E-state index in [1.807, 2.05) is 38.1 Å². The van der Waals surface area contributed by atoms with Crippen LogP contribution in [0.4, 0.5) is 4.79 Å². The van der Waals surface area contributed by atoms with Crippen molar-refractivity contribution in [3.63, 3.8) is 0 Å². The molecule has 0 aliphatic rings. The first kappa shape index (κ1) is 15.3. The largest absolute Gasteiger partial charge is 0.497 e. The molecule has 2 amide bonds. The minimum atomic E-state index is -0.201. The number of hydrogen-bond donors (Lipinski definition) is 2. The van der Waals surface area contributed by atoms with E-state index in [4.69, 9.17) is 9.47 Å². The number of nitrogens with one attached hydrogen (secondary N) is 2. The van der Waals surface area contributed by atoms with Gasteiger partial charge in [0.2, 0.25) is 0 Å². The van der Waals surface area contributed by atoms with Gasteiger partial charge >= 0.3 is 6.03 Å². The van der Waals surface area contributed by atoms with Gasteiger partial charge in [-0.05, 0) is 31.5 Å². The molecule has 2 N–H and O–H groups in total. The standard InChI is InChI=1S/C14H22N2O3/c1-10(2)16-14(17)15-9-13(19-4)11-6-5-7-12(8-11)18-3/h5-8,10,13H,9H2,1-4H3,(H2,15,16,17). The maximum absolute atomic E-state index is 11.5. The molecule has 0 spiro atoms. The van der Waals surface area contributed by atoms with Crippen LogP contribution in [0, 0.1) is 0 Å². The first-order valence-corrected chi connectivity index (χ1v) is 6.28. The highest BCUT2D eigenvalue weighted by molar-refractivity contribution is 5.74. The fourth-order valence-electron chi connectivity index (χ4n) is 1.68. The van der Waals surface area contributed by atoms with Gasteiger partial charge in [0, 0.05) is 19.7 Å². The van der Waals surface area contributed by atoms with E-state index in [1.165, 1.54) is 0 Å². The second-order valence-corrected chi connectivity index (χ2v) is 4.51. The molecule has 0 aliphatic heterocycles. The lowest BCUT2D eigenvalue weighted by atomic mass is 10.1. The summed E-state index contributed by atoms with van der Waals surface area (Å²) in [7, 11) is 3.24. The van der Waals surface area contributed by atoms with Crippen molar-refractivity contribution in [2.75, 3.05) is 20.8 Å². The molecule has 106 valence electrons. The van der Waals surface area contributed by atoms with E-state index >= 15 is 0 Å². The zero-order chi connectivity index (χ0) is 14.3. The smallest absolute Gasteiger partial charge is 0.315 e. The molecule has 0 aliphatic carbocycles. The van der Waals surface area contributed by atoms with Gasteiger partial charge in [0.25, 0.3) is 0 Å². The topological polar surface area (TPSA) is 59.6 Å². The van der Waals surface area contributed by atoms with Crippen molar-refractivity contribution in [2.24, 2.45) is 0 Å². The van der Waals surface area contributed by atoms with Gasteiger partial charge in [0.15, 0.2) is 0 Å². The van der Waals surface area contributed by atoms with Gasteiger partial charge in [0.1, 0.15) is 5.75 Å². The summed E-state index contributed by atoms with van der Waals surface area (Å²) in [6, 6.07) is 7.52. The molecule has 1 unspecified atom stereocenters. The summed E-state index contributed by atoms with van der Waals surface area (Å²) < 4.78 is 10.6. The van der Waals surface area contributed by atoms with Gasteiger partial charge in [-0.3, -0.25) is 0 Å². The monoisotopic (exact) mass is 266 g/mol. The lowest BCUT2D eigenvalue weighted by molar-refractivity contribution is 0.103. The number of hydrogen-bond acceptors (Lipinski definition) is 3. The van der Waals surface area contributed by atoms with E-state index in [9.17, 15) is 4.79 Å². The predicted octanol–water partition coefficient (Wildman–Crippen LogP) is 2.09. The molecule has 0 saturated carbocycles. The van der Waals surface area contributed by atoms with Crippen molar-refractivity contribution in [3.8, 4) is 5.75 Å². The Balaban J connectivity index is 2.60. The fraction of sp³-hybridized carbons (Fsp3) is 0.500. The fourth-order valence-corrected chi connectivity index (χ4v) is 1.68. The average Bonchev–Trinajstić information content (AvgIpc) is 2.39. The van der Waals surface area contributed by atoms with Crippen molar-refractivity contribution in [2.45, 2.75) is 26.0 Å². The van der Waals surface area contributed by atoms with Crippen LogP contribution < -0.4 is 15.4 Å². The highest BCUT2D eigenvalue weighted by atomic mass is 16.5. The van der Waals surface area contributed by atoms with Crippen molar-refractivity contribution in [3.05, 3.63) is 29.8 Å². The molecule has 0 aromatic heterocycles. The summed E-state index contributed by atoms with van der Waals surface area (Å²) in [5, 5.41) is 5.55. The Labute approximate surface area is 114 Å². The molecule has 0 heterocycles. The third-order valence-corrected chi connectivity index (χ3v) is 2.62. The molecule has 0 bridgehead atoms. The highest BCUT2D eigenvalue weighted by Gasteiger charge is 2.13. The van der Waals surface area contributed by atoms with Gasteiger partial charge in [0.05, 0.1) is 13.2 Å². The maximum atomic E-state index is 11.5. The molecule has 1 rings (SSSR count). The number of carbonyl (C=O) groups excluding carboxylic acids is 1. The van der Waals surface area contributed by atoms with Gasteiger partial charge in [-0.1, -0.05) is 12.1 Å². The van der Waals surface area contributed by atoms with Crippen LogP contribution in [0.3, 0.4) is 0 Å². The number of urea groups is 1. The summed E-state index contributed by atoms with van der Waals surface area (Å²) >= 11 is 0. The van der Waals surface area contributed by atoms with Gasteiger partial charge in [-0.2, -0.15) is 0 Å². The summed E-state index contributed by atoms with van der Waals surface area (Å²) in [5.41, 5.74) is 0.965. The number of benzene rings is 1. The minimum Gasteiger partial charge on any atom is -0.497 e. The summed E-state index contributed by atoms with van der Waals surface area (Å²) in [6.07, 6.45) is -0.201. The lowest BCUT2D eigenvalue weighted by Crippen LogP contribution is -2.41. The maximum Gasteiger partial charge on any atom is 0.315 e. The lowest BCUT2D eigenvalue weighted by Gasteiger charge is -2.18. The minimum absolute atomic E-state index is 0.109. The molecule has 0 saturated heterocycles. The third kappa shape index (κ3) is 5.18. The number of ether oxygens (including phenoxy) is 2. The molecule has 1 atom stereocenters. The van der Waals surface area contributed by atoms with Crippen LogP contribution >= 0.6 is 0 Å². The van der Waals surface area contributed by atoms with Crippen LogP contribution in [0.5, 0.6) is 5.75 Å². The van der Waals surface area contributed by atoms with E-state index < -0.39 is 0 Å². The average molecular weight is 266 g/mol. The van der Waals surface area contributed by atoms with Crippen LogP contribution in [0.15, 0.2) is 24.3 Å². The Bertz CT molecular complexity index is 407. The van der Waals surface area contributed by atoms with Crippen LogP contribution in [0.25, 0.3) is 0 Å². The van der Waals surface area contributed by atoms with E-state index in [0.717, 1.165) is 11.3 Å². The summed E-state index contributed by atoms with van der Waals surface area (Å²) in [4.78, 5) is 11.5. The summed E-state index contributed by atoms with van der Waals surface area (Å²) in [5.74, 6) is 0.770. The molecular weight excluding hydrogens is 244 g/mol. The molecule has 0 fully saturated rings. The molecule has 5 heteroatoms. The number of rotatable bonds is 6. The molecule has 5 nitrogen and oxygen atoms in total. The molecule has 19 heavy (non-hydrogen) atoms. The van der Waals surface area contributed by atoms with Crippen molar-refractivity contribution in [1.82, 2.24) is 10.6 Å². The van der Waals surface area contributed by atoms with Crippen LogP contribution in [-0.4, -0.2) is 32.8 Å². The normalized spacial score (nSPS) is 12.1. The van der Waals surface area contributed by atoms with Crippen LogP contribution in [0.2, 0.25) is 0 Å². The van der Waals surface area contributed by atoms with Gasteiger partial charge < -0.3 is 20.1 Å². The van der Waals surface area contributed by atoms with Crippen LogP contribution in [0.1, 0.15) is 25.5 Å². The van der Waals surface area contributed by atoms with Crippen molar-refractivity contribution in [1.29, 1.82) is 0 Å². The second kappa shape index (κ2) is 7.63. The first-order valence-electron chi connectivity index (χ1n) is 6.28. The van der Waals surface area contributed by atoms with E-state index in [2.05, 4.69) is 10.6 Å². The second-order valence-electron chi connectivity index (χ2n) is 4.51. The van der Waals surface area contributed by atoms with Crippen molar-refractivity contribution < 1.29 is 14.3 Å². The predicted molar refractivity (Wildman–Crippen MR) is 74.4 cm³/mol. The molecule has 1 aromatic rings. The first-order chi connectivity index (χ1) is 9.06. The van der Waals surface area contributed by atoms with E-state index in [1.54, 1.807) is 14.2 Å². The number of methoxy groups -OCH3 is 2. The number of amides is 2. The zero-order valence-electron chi connectivity index (χ0n) is 11.9. The summed E-state index contributed by atoms with van der Waals surface area (Å²) in [6.45, 7) is 4.23. The molecule has 1 aromatic carbocycles. The van der Waals surface area contributed by atoms with Gasteiger partial charge in [-0.15, -0.1) is 0 Å². The third-order valence-electron chi connectivity index (χ3n) is 2.62. The molecule has 0 radical (unpaired) electrons. The Hall–Kier alpha value is -1.75. The SMILES string of the molecule is COc1cccc(C(CNC(=O)NC(C)C)OC)c1. The van der Waals surface area contributed by atoms with Crippen LogP contribution in [-0.2, 0) is 4.74 Å². The number of carbonyl (C=O) groups is 1. The Kier molecular flexibility index (Phi) is 6.15. The Morgan fingerprint density at radius 1 is 1.32 bits per heavy atom. The zero-order valence-corrected chi connectivity index (χ0v) is 11.9. The Morgan fingerprint density at radius 2 is 2.05 bits per heavy atom. The Morgan fingerprint density at radius 3 is 2.63 bits per heavy atom. The quantitative estimate of drug-likeness (QED) is 0.829.